The molecule has 3 heterocycles. The van der Waals surface area contributed by atoms with Gasteiger partial charge in [0.15, 0.2) is 10.6 Å². The molecule has 0 bridgehead atoms. The van der Waals surface area contributed by atoms with Gasteiger partial charge in [0.2, 0.25) is 5.95 Å². The van der Waals surface area contributed by atoms with Crippen LogP contribution in [0, 0.1) is 0 Å². The van der Waals surface area contributed by atoms with E-state index in [2.05, 4.69) is 30.2 Å². The molecule has 3 N–H and O–H groups in total. The van der Waals surface area contributed by atoms with E-state index in [0.29, 0.717) is 39.4 Å². The third kappa shape index (κ3) is 3.11. The van der Waals surface area contributed by atoms with Gasteiger partial charge in [-0.3, -0.25) is 9.97 Å². The van der Waals surface area contributed by atoms with Crippen LogP contribution in [0.15, 0.2) is 42.9 Å². The molecule has 1 aromatic carbocycles. The summed E-state index contributed by atoms with van der Waals surface area (Å²) in [6.45, 7) is 0.519. The zero-order valence-electron chi connectivity index (χ0n) is 13.9. The van der Waals surface area contributed by atoms with Crippen LogP contribution in [0.4, 0.5) is 11.8 Å². The van der Waals surface area contributed by atoms with Gasteiger partial charge >= 0.3 is 0 Å². The lowest BCUT2D eigenvalue weighted by molar-refractivity contribution is 0.410. The number of nitrogen functional groups attached to an aromatic ring is 1. The van der Waals surface area contributed by atoms with Gasteiger partial charge in [-0.15, -0.1) is 0 Å². The van der Waals surface area contributed by atoms with Gasteiger partial charge in [-0.05, 0) is 6.07 Å². The van der Waals surface area contributed by atoms with Crippen molar-refractivity contribution in [3.8, 4) is 16.5 Å². The molecule has 4 aromatic rings. The second-order valence-corrected chi connectivity index (χ2v) is 6.34. The molecule has 0 fully saturated rings. The predicted octanol–water partition coefficient (Wildman–Crippen LogP) is 2.75. The number of ether oxygens (including phenoxy) is 1. The number of nitrogens with two attached hydrogens (primary N) is 1. The van der Waals surface area contributed by atoms with Crippen LogP contribution in [-0.4, -0.2) is 32.0 Å². The fourth-order valence-corrected chi connectivity index (χ4v) is 3.37. The summed E-state index contributed by atoms with van der Waals surface area (Å²) in [5, 5.41) is 3.89. The summed E-state index contributed by atoms with van der Waals surface area (Å²) < 4.78 is 5.35. The molecular weight excluding hydrogens is 350 g/mol. The Kier molecular flexibility index (Phi) is 4.28. The smallest absolute Gasteiger partial charge is 0.226 e. The molecule has 3 aromatic heterocycles. The van der Waals surface area contributed by atoms with Gasteiger partial charge in [0.25, 0.3) is 0 Å². The highest BCUT2D eigenvalue weighted by Gasteiger charge is 2.14. The molecule has 0 aliphatic heterocycles. The van der Waals surface area contributed by atoms with Crippen LogP contribution in [-0.2, 0) is 6.54 Å². The van der Waals surface area contributed by atoms with Crippen LogP contribution >= 0.6 is 11.3 Å². The van der Waals surface area contributed by atoms with Gasteiger partial charge in [0, 0.05) is 24.5 Å². The number of thiazole rings is 1. The Morgan fingerprint density at radius 3 is 2.85 bits per heavy atom. The number of nitrogens with zero attached hydrogens (tertiary/aromatic N) is 5. The maximum atomic E-state index is 6.07. The lowest BCUT2D eigenvalue weighted by Gasteiger charge is -2.09. The average Bonchev–Trinajstić information content (AvgIpc) is 3.12. The number of rotatable bonds is 5. The molecule has 0 radical (unpaired) electrons. The second-order valence-electron chi connectivity index (χ2n) is 5.36. The molecule has 0 saturated carbocycles. The molecule has 4 rings (SSSR count). The standard InChI is InChI=1S/C17H15N7OS/c1-25-12-5-3-2-4-10(12)8-21-17-23-14(18)13-16(24-17)26-15(22-13)11-9-19-6-7-20-11/h2-7,9H,8H2,1H3,(H3,18,21,23,24). The first-order valence-electron chi connectivity index (χ1n) is 7.81. The molecule has 8 nitrogen and oxygen atoms in total. The molecule has 0 spiro atoms. The van der Waals surface area contributed by atoms with Gasteiger partial charge in [0.1, 0.15) is 22.0 Å². The molecule has 0 aliphatic carbocycles. The zero-order valence-corrected chi connectivity index (χ0v) is 14.7. The molecule has 0 unspecified atom stereocenters. The van der Waals surface area contributed by atoms with Crippen molar-refractivity contribution in [2.24, 2.45) is 0 Å². The van der Waals surface area contributed by atoms with E-state index in [9.17, 15) is 0 Å². The number of para-hydroxylation sites is 1. The maximum Gasteiger partial charge on any atom is 0.226 e. The molecule has 0 amide bonds. The number of anilines is 2. The summed E-state index contributed by atoms with van der Waals surface area (Å²) >= 11 is 1.40. The number of aromatic nitrogens is 5. The first kappa shape index (κ1) is 16.2. The number of benzene rings is 1. The third-order valence-electron chi connectivity index (χ3n) is 3.70. The third-order valence-corrected chi connectivity index (χ3v) is 4.67. The quantitative estimate of drug-likeness (QED) is 0.555. The van der Waals surface area contributed by atoms with Crippen molar-refractivity contribution < 1.29 is 4.74 Å². The summed E-state index contributed by atoms with van der Waals surface area (Å²) in [6, 6.07) is 7.76. The Morgan fingerprint density at radius 2 is 2.04 bits per heavy atom. The second kappa shape index (κ2) is 6.89. The maximum absolute atomic E-state index is 6.07. The molecular formula is C17H15N7OS. The minimum absolute atomic E-state index is 0.323. The Hall–Kier alpha value is -3.33. The minimum atomic E-state index is 0.323. The number of fused-ring (bicyclic) bond motifs is 1. The Morgan fingerprint density at radius 1 is 1.15 bits per heavy atom. The van der Waals surface area contributed by atoms with Crippen molar-refractivity contribution in [3.63, 3.8) is 0 Å². The zero-order chi connectivity index (χ0) is 17.9. The van der Waals surface area contributed by atoms with Crippen LogP contribution in [0.25, 0.3) is 21.0 Å². The van der Waals surface area contributed by atoms with E-state index >= 15 is 0 Å². The monoisotopic (exact) mass is 365 g/mol. The summed E-state index contributed by atoms with van der Waals surface area (Å²) in [5.74, 6) is 1.57. The van der Waals surface area contributed by atoms with Crippen LogP contribution in [0.3, 0.4) is 0 Å². The molecule has 0 atom stereocenters. The van der Waals surface area contributed by atoms with Crippen molar-refractivity contribution >= 4 is 33.5 Å². The van der Waals surface area contributed by atoms with E-state index in [4.69, 9.17) is 10.5 Å². The molecule has 0 saturated heterocycles. The highest BCUT2D eigenvalue weighted by atomic mass is 32.1. The summed E-state index contributed by atoms with van der Waals surface area (Å²) in [7, 11) is 1.64. The van der Waals surface area contributed by atoms with Gasteiger partial charge in [-0.1, -0.05) is 29.5 Å². The lowest BCUT2D eigenvalue weighted by atomic mass is 10.2. The molecule has 26 heavy (non-hydrogen) atoms. The van der Waals surface area contributed by atoms with E-state index in [1.807, 2.05) is 24.3 Å². The number of nitrogens with one attached hydrogen (secondary N) is 1. The van der Waals surface area contributed by atoms with Crippen molar-refractivity contribution in [1.29, 1.82) is 0 Å². The molecule has 0 aliphatic rings. The number of hydrogen-bond donors (Lipinski definition) is 2. The lowest BCUT2D eigenvalue weighted by Crippen LogP contribution is -2.06. The van der Waals surface area contributed by atoms with Gasteiger partial charge < -0.3 is 15.8 Å². The predicted molar refractivity (Wildman–Crippen MR) is 101 cm³/mol. The van der Waals surface area contributed by atoms with E-state index < -0.39 is 0 Å². The molecule has 9 heteroatoms. The van der Waals surface area contributed by atoms with E-state index in [0.717, 1.165) is 11.3 Å². The van der Waals surface area contributed by atoms with Crippen LogP contribution in [0.5, 0.6) is 5.75 Å². The van der Waals surface area contributed by atoms with E-state index in [-0.39, 0.29) is 0 Å². The SMILES string of the molecule is COc1ccccc1CNc1nc(N)c2nc(-c3cnccn3)sc2n1. The summed E-state index contributed by atoms with van der Waals surface area (Å²) in [4.78, 5) is 22.3. The van der Waals surface area contributed by atoms with Gasteiger partial charge in [0.05, 0.1) is 13.3 Å². The van der Waals surface area contributed by atoms with E-state index in [1.165, 1.54) is 11.3 Å². The number of hydrogen-bond acceptors (Lipinski definition) is 9. The van der Waals surface area contributed by atoms with Gasteiger partial charge in [-0.25, -0.2) is 9.97 Å². The van der Waals surface area contributed by atoms with Crippen molar-refractivity contribution in [2.75, 3.05) is 18.2 Å². The van der Waals surface area contributed by atoms with Crippen LogP contribution in [0.1, 0.15) is 5.56 Å². The fourth-order valence-electron chi connectivity index (χ4n) is 2.46. The highest BCUT2D eigenvalue weighted by Crippen LogP contribution is 2.30. The van der Waals surface area contributed by atoms with Crippen LogP contribution in [0.2, 0.25) is 0 Å². The summed E-state index contributed by atoms with van der Waals surface area (Å²) in [5.41, 5.74) is 8.31. The highest BCUT2D eigenvalue weighted by molar-refractivity contribution is 7.21. The van der Waals surface area contributed by atoms with Crippen LogP contribution < -0.4 is 15.8 Å². The molecule has 130 valence electrons. The number of methoxy groups -OCH3 is 1. The topological polar surface area (TPSA) is 112 Å². The van der Waals surface area contributed by atoms with E-state index in [1.54, 1.807) is 25.7 Å². The van der Waals surface area contributed by atoms with Gasteiger partial charge in [-0.2, -0.15) is 4.98 Å². The first-order valence-corrected chi connectivity index (χ1v) is 8.62. The Balaban J connectivity index is 1.62. The fraction of sp³-hybridized carbons (Fsp3) is 0.118. The van der Waals surface area contributed by atoms with Crippen molar-refractivity contribution in [1.82, 2.24) is 24.9 Å². The van der Waals surface area contributed by atoms with Crippen molar-refractivity contribution in [2.45, 2.75) is 6.54 Å². The largest absolute Gasteiger partial charge is 0.496 e. The normalized spacial score (nSPS) is 10.8. The summed E-state index contributed by atoms with van der Waals surface area (Å²) in [6.07, 6.45) is 4.89. The Bertz CT molecular complexity index is 1050. The Labute approximate surface area is 153 Å². The first-order chi connectivity index (χ1) is 12.7. The van der Waals surface area contributed by atoms with Crippen molar-refractivity contribution in [3.05, 3.63) is 48.4 Å². The average molecular weight is 365 g/mol. The minimum Gasteiger partial charge on any atom is -0.496 e.